The number of ether oxygens (including phenoxy) is 1. The standard InChI is InChI=1S/C11H11Br2FO3/c1-2-17-10(16)5-9(15)11-7(13)3-6(12)4-8(11)14/h3-4,9,15H,2,5H2,1H3. The summed E-state index contributed by atoms with van der Waals surface area (Å²) >= 11 is 6.27. The molecule has 0 amide bonds. The Morgan fingerprint density at radius 3 is 2.71 bits per heavy atom. The quantitative estimate of drug-likeness (QED) is 0.828. The van der Waals surface area contributed by atoms with Crippen molar-refractivity contribution in [3.8, 4) is 0 Å². The second-order valence-electron chi connectivity index (χ2n) is 3.31. The van der Waals surface area contributed by atoms with Gasteiger partial charge in [-0.15, -0.1) is 0 Å². The number of aliphatic hydroxyl groups is 1. The van der Waals surface area contributed by atoms with Gasteiger partial charge in [0.05, 0.1) is 19.1 Å². The van der Waals surface area contributed by atoms with Crippen LogP contribution in [0.3, 0.4) is 0 Å². The molecule has 1 atom stereocenters. The second kappa shape index (κ2) is 6.47. The van der Waals surface area contributed by atoms with Crippen LogP contribution < -0.4 is 0 Å². The normalized spacial score (nSPS) is 12.3. The Bertz CT molecular complexity index is 400. The molecular formula is C11H11Br2FO3. The Kier molecular flexibility index (Phi) is 5.55. The van der Waals surface area contributed by atoms with Crippen LogP contribution in [0.5, 0.6) is 0 Å². The Morgan fingerprint density at radius 1 is 1.53 bits per heavy atom. The van der Waals surface area contributed by atoms with E-state index in [1.165, 1.54) is 6.07 Å². The lowest BCUT2D eigenvalue weighted by Crippen LogP contribution is -2.11. The van der Waals surface area contributed by atoms with E-state index in [2.05, 4.69) is 31.9 Å². The van der Waals surface area contributed by atoms with Crippen LogP contribution in [0.25, 0.3) is 0 Å². The Morgan fingerprint density at radius 2 is 2.18 bits per heavy atom. The van der Waals surface area contributed by atoms with E-state index in [0.29, 0.717) is 8.95 Å². The van der Waals surface area contributed by atoms with Crippen molar-refractivity contribution in [3.05, 3.63) is 32.5 Å². The molecule has 1 aromatic rings. The predicted octanol–water partition coefficient (Wildman–Crippen LogP) is 3.34. The topological polar surface area (TPSA) is 46.5 Å². The molecule has 0 saturated carbocycles. The maximum Gasteiger partial charge on any atom is 0.308 e. The molecule has 0 bridgehead atoms. The third-order valence-corrected chi connectivity index (χ3v) is 3.16. The lowest BCUT2D eigenvalue weighted by Gasteiger charge is -2.13. The van der Waals surface area contributed by atoms with Crippen molar-refractivity contribution in [2.24, 2.45) is 0 Å². The van der Waals surface area contributed by atoms with Crippen molar-refractivity contribution in [2.45, 2.75) is 19.4 Å². The Balaban J connectivity index is 2.89. The van der Waals surface area contributed by atoms with Gasteiger partial charge in [0.1, 0.15) is 5.82 Å². The van der Waals surface area contributed by atoms with Gasteiger partial charge in [-0.1, -0.05) is 31.9 Å². The predicted molar refractivity (Wildman–Crippen MR) is 68.0 cm³/mol. The first kappa shape index (κ1) is 14.6. The highest BCUT2D eigenvalue weighted by Crippen LogP contribution is 2.31. The average molecular weight is 370 g/mol. The fraction of sp³-hybridized carbons (Fsp3) is 0.364. The minimum atomic E-state index is -1.23. The van der Waals surface area contributed by atoms with E-state index in [1.54, 1.807) is 13.0 Å². The Labute approximate surface area is 115 Å². The van der Waals surface area contributed by atoms with Gasteiger partial charge in [-0.05, 0) is 19.1 Å². The lowest BCUT2D eigenvalue weighted by atomic mass is 10.1. The minimum absolute atomic E-state index is 0.0567. The zero-order valence-electron chi connectivity index (χ0n) is 9.04. The fourth-order valence-corrected chi connectivity index (χ4v) is 2.79. The first-order valence-corrected chi connectivity index (χ1v) is 6.52. The number of esters is 1. The summed E-state index contributed by atoms with van der Waals surface area (Å²) in [5, 5.41) is 9.78. The molecule has 3 nitrogen and oxygen atoms in total. The van der Waals surface area contributed by atoms with E-state index in [0.717, 1.165) is 0 Å². The largest absolute Gasteiger partial charge is 0.466 e. The van der Waals surface area contributed by atoms with Gasteiger partial charge in [0.15, 0.2) is 0 Å². The van der Waals surface area contributed by atoms with Crippen molar-refractivity contribution in [1.82, 2.24) is 0 Å². The third-order valence-electron chi connectivity index (χ3n) is 2.04. The number of aliphatic hydroxyl groups excluding tert-OH is 1. The van der Waals surface area contributed by atoms with Crippen molar-refractivity contribution < 1.29 is 19.0 Å². The molecule has 94 valence electrons. The van der Waals surface area contributed by atoms with Crippen LogP contribution in [-0.4, -0.2) is 17.7 Å². The number of carbonyl (C=O) groups excluding carboxylic acids is 1. The molecule has 1 unspecified atom stereocenters. The van der Waals surface area contributed by atoms with E-state index in [4.69, 9.17) is 4.74 Å². The van der Waals surface area contributed by atoms with Crippen LogP contribution in [-0.2, 0) is 9.53 Å². The summed E-state index contributed by atoms with van der Waals surface area (Å²) in [5.41, 5.74) is 0.0567. The number of carbonyl (C=O) groups is 1. The van der Waals surface area contributed by atoms with Crippen LogP contribution in [0.2, 0.25) is 0 Å². The first-order chi connectivity index (χ1) is 7.95. The summed E-state index contributed by atoms with van der Waals surface area (Å²) in [5.74, 6) is -1.14. The maximum atomic E-state index is 13.6. The van der Waals surface area contributed by atoms with Crippen LogP contribution in [0.15, 0.2) is 21.1 Å². The van der Waals surface area contributed by atoms with Gasteiger partial charge in [-0.2, -0.15) is 0 Å². The summed E-state index contributed by atoms with van der Waals surface area (Å²) in [6.45, 7) is 1.90. The molecule has 0 aliphatic rings. The van der Waals surface area contributed by atoms with Crippen molar-refractivity contribution in [1.29, 1.82) is 0 Å². The average Bonchev–Trinajstić information content (AvgIpc) is 2.15. The summed E-state index contributed by atoms with van der Waals surface area (Å²) in [6.07, 6.45) is -1.50. The highest BCUT2D eigenvalue weighted by atomic mass is 79.9. The van der Waals surface area contributed by atoms with Gasteiger partial charge in [-0.3, -0.25) is 4.79 Å². The molecule has 0 fully saturated rings. The molecule has 1 rings (SSSR count). The number of hydrogen-bond acceptors (Lipinski definition) is 3. The van der Waals surface area contributed by atoms with Crippen LogP contribution in [0.4, 0.5) is 4.39 Å². The monoisotopic (exact) mass is 368 g/mol. The van der Waals surface area contributed by atoms with Crippen LogP contribution in [0, 0.1) is 5.82 Å². The molecule has 0 radical (unpaired) electrons. The number of hydrogen-bond donors (Lipinski definition) is 1. The molecule has 6 heteroatoms. The summed E-state index contributed by atoms with van der Waals surface area (Å²) in [4.78, 5) is 11.2. The molecule has 17 heavy (non-hydrogen) atoms. The molecule has 0 spiro atoms. The van der Waals surface area contributed by atoms with E-state index in [1.807, 2.05) is 0 Å². The van der Waals surface area contributed by atoms with Crippen molar-refractivity contribution in [2.75, 3.05) is 6.61 Å². The molecule has 0 saturated heterocycles. The Hall–Kier alpha value is -0.460. The van der Waals surface area contributed by atoms with E-state index >= 15 is 0 Å². The molecule has 0 aliphatic carbocycles. The lowest BCUT2D eigenvalue weighted by molar-refractivity contribution is -0.145. The zero-order chi connectivity index (χ0) is 13.0. The van der Waals surface area contributed by atoms with Crippen LogP contribution in [0.1, 0.15) is 25.0 Å². The fourth-order valence-electron chi connectivity index (χ4n) is 1.35. The minimum Gasteiger partial charge on any atom is -0.466 e. The highest BCUT2D eigenvalue weighted by molar-refractivity contribution is 9.11. The van der Waals surface area contributed by atoms with Gasteiger partial charge in [-0.25, -0.2) is 4.39 Å². The summed E-state index contributed by atoms with van der Waals surface area (Å²) in [7, 11) is 0. The first-order valence-electron chi connectivity index (χ1n) is 4.93. The highest BCUT2D eigenvalue weighted by Gasteiger charge is 2.20. The molecular weight excluding hydrogens is 359 g/mol. The second-order valence-corrected chi connectivity index (χ2v) is 5.08. The van der Waals surface area contributed by atoms with Gasteiger partial charge in [0.2, 0.25) is 0 Å². The molecule has 0 aliphatic heterocycles. The molecule has 0 aromatic heterocycles. The van der Waals surface area contributed by atoms with Crippen molar-refractivity contribution >= 4 is 37.8 Å². The van der Waals surface area contributed by atoms with E-state index in [9.17, 15) is 14.3 Å². The number of halogens is 3. The smallest absolute Gasteiger partial charge is 0.308 e. The molecule has 1 N–H and O–H groups in total. The van der Waals surface area contributed by atoms with Crippen molar-refractivity contribution in [3.63, 3.8) is 0 Å². The van der Waals surface area contributed by atoms with Gasteiger partial charge < -0.3 is 9.84 Å². The van der Waals surface area contributed by atoms with Gasteiger partial charge in [0, 0.05) is 14.5 Å². The molecule has 0 heterocycles. The summed E-state index contributed by atoms with van der Waals surface area (Å²) in [6, 6.07) is 2.83. The van der Waals surface area contributed by atoms with Gasteiger partial charge >= 0.3 is 5.97 Å². The summed E-state index contributed by atoms with van der Waals surface area (Å²) < 4.78 is 19.3. The van der Waals surface area contributed by atoms with E-state index in [-0.39, 0.29) is 18.6 Å². The zero-order valence-corrected chi connectivity index (χ0v) is 12.2. The van der Waals surface area contributed by atoms with Crippen LogP contribution >= 0.6 is 31.9 Å². The SMILES string of the molecule is CCOC(=O)CC(O)c1c(F)cc(Br)cc1Br. The maximum absolute atomic E-state index is 13.6. The van der Waals surface area contributed by atoms with E-state index < -0.39 is 17.9 Å². The van der Waals surface area contributed by atoms with Gasteiger partial charge in [0.25, 0.3) is 0 Å². The third kappa shape index (κ3) is 4.04. The number of benzene rings is 1. The molecule has 1 aromatic carbocycles. The number of rotatable bonds is 4.